The van der Waals surface area contributed by atoms with Gasteiger partial charge in [-0.2, -0.15) is 4.98 Å². The Morgan fingerprint density at radius 1 is 1.35 bits per heavy atom. The summed E-state index contributed by atoms with van der Waals surface area (Å²) in [7, 11) is 0. The Hall–Kier alpha value is -1.14. The van der Waals surface area contributed by atoms with Gasteiger partial charge in [0.2, 0.25) is 5.89 Å². The fourth-order valence-electron chi connectivity index (χ4n) is 2.41. The van der Waals surface area contributed by atoms with Crippen LogP contribution in [0.25, 0.3) is 0 Å². The van der Waals surface area contributed by atoms with Gasteiger partial charge < -0.3 is 10.3 Å². The van der Waals surface area contributed by atoms with Gasteiger partial charge in [-0.25, -0.2) is 0 Å². The van der Waals surface area contributed by atoms with Crippen molar-refractivity contribution in [2.24, 2.45) is 5.73 Å². The van der Waals surface area contributed by atoms with Crippen LogP contribution in [-0.4, -0.2) is 21.6 Å². The molecule has 0 aliphatic carbocycles. The van der Waals surface area contributed by atoms with Crippen molar-refractivity contribution in [3.05, 3.63) is 45.0 Å². The van der Waals surface area contributed by atoms with E-state index in [1.54, 1.807) is 0 Å². The molecule has 1 aliphatic heterocycles. The highest BCUT2D eigenvalue weighted by atomic mass is 35.5. The molecule has 3 rings (SSSR count). The van der Waals surface area contributed by atoms with Crippen LogP contribution in [0, 0.1) is 0 Å². The molecular formula is C13H14Cl2N4O. The molecular weight excluding hydrogens is 299 g/mol. The highest BCUT2D eigenvalue weighted by Crippen LogP contribution is 2.32. The number of hydrogen-bond acceptors (Lipinski definition) is 5. The van der Waals surface area contributed by atoms with E-state index in [4.69, 9.17) is 33.5 Å². The maximum absolute atomic E-state index is 6.24. The van der Waals surface area contributed by atoms with Crippen molar-refractivity contribution < 1.29 is 4.52 Å². The van der Waals surface area contributed by atoms with Crippen LogP contribution in [0.5, 0.6) is 0 Å². The molecule has 0 atom stereocenters. The quantitative estimate of drug-likeness (QED) is 0.942. The number of fused-ring (bicyclic) bond motifs is 1. The van der Waals surface area contributed by atoms with E-state index in [-0.39, 0.29) is 6.54 Å². The van der Waals surface area contributed by atoms with E-state index >= 15 is 0 Å². The minimum Gasteiger partial charge on any atom is -0.338 e. The summed E-state index contributed by atoms with van der Waals surface area (Å²) in [6.07, 6.45) is 0.871. The van der Waals surface area contributed by atoms with Crippen LogP contribution in [0.3, 0.4) is 0 Å². The van der Waals surface area contributed by atoms with E-state index in [0.29, 0.717) is 28.3 Å². The van der Waals surface area contributed by atoms with E-state index in [9.17, 15) is 0 Å². The summed E-state index contributed by atoms with van der Waals surface area (Å²) in [4.78, 5) is 6.47. The Morgan fingerprint density at radius 3 is 2.95 bits per heavy atom. The van der Waals surface area contributed by atoms with E-state index in [1.165, 1.54) is 5.56 Å². The minimum atomic E-state index is 0.268. The summed E-state index contributed by atoms with van der Waals surface area (Å²) in [5.74, 6) is 1.13. The van der Waals surface area contributed by atoms with Crippen molar-refractivity contribution in [1.82, 2.24) is 15.0 Å². The molecule has 1 aromatic carbocycles. The Balaban J connectivity index is 1.74. The van der Waals surface area contributed by atoms with Gasteiger partial charge in [-0.15, -0.1) is 0 Å². The molecule has 1 aromatic heterocycles. The topological polar surface area (TPSA) is 68.2 Å². The third-order valence-corrected chi connectivity index (χ3v) is 4.26. The molecule has 0 saturated carbocycles. The molecule has 5 nitrogen and oxygen atoms in total. The summed E-state index contributed by atoms with van der Waals surface area (Å²) in [6, 6.07) is 3.87. The molecule has 0 spiro atoms. The van der Waals surface area contributed by atoms with E-state index in [2.05, 4.69) is 15.0 Å². The lowest BCUT2D eigenvalue weighted by Gasteiger charge is -2.28. The second-order valence-corrected chi connectivity index (χ2v) is 5.55. The van der Waals surface area contributed by atoms with E-state index < -0.39 is 0 Å². The highest BCUT2D eigenvalue weighted by Gasteiger charge is 2.21. The monoisotopic (exact) mass is 312 g/mol. The van der Waals surface area contributed by atoms with Gasteiger partial charge in [-0.3, -0.25) is 4.90 Å². The van der Waals surface area contributed by atoms with Gasteiger partial charge in [0.15, 0.2) is 5.82 Å². The van der Waals surface area contributed by atoms with Crippen molar-refractivity contribution >= 4 is 23.2 Å². The average molecular weight is 313 g/mol. The van der Waals surface area contributed by atoms with Crippen molar-refractivity contribution in [3.63, 3.8) is 0 Å². The molecule has 0 saturated heterocycles. The first-order valence-electron chi connectivity index (χ1n) is 6.37. The predicted molar refractivity (Wildman–Crippen MR) is 76.5 cm³/mol. The largest absolute Gasteiger partial charge is 0.338 e. The van der Waals surface area contributed by atoms with Crippen LogP contribution in [0.15, 0.2) is 16.7 Å². The highest BCUT2D eigenvalue weighted by molar-refractivity contribution is 6.42. The first kappa shape index (κ1) is 13.8. The van der Waals surface area contributed by atoms with Crippen LogP contribution >= 0.6 is 23.2 Å². The molecule has 0 fully saturated rings. The number of rotatable bonds is 3. The predicted octanol–water partition coefficient (Wildman–Crippen LogP) is 2.39. The summed E-state index contributed by atoms with van der Waals surface area (Å²) in [5.41, 5.74) is 7.80. The zero-order valence-corrected chi connectivity index (χ0v) is 12.3. The number of aromatic nitrogens is 2. The van der Waals surface area contributed by atoms with Crippen LogP contribution in [0.2, 0.25) is 10.0 Å². The lowest BCUT2D eigenvalue weighted by atomic mass is 10.00. The Kier molecular flexibility index (Phi) is 3.94. The van der Waals surface area contributed by atoms with E-state index in [0.717, 1.165) is 25.1 Å². The molecule has 0 unspecified atom stereocenters. The number of hydrogen-bond donors (Lipinski definition) is 1. The second kappa shape index (κ2) is 5.69. The van der Waals surface area contributed by atoms with Crippen molar-refractivity contribution in [3.8, 4) is 0 Å². The molecule has 20 heavy (non-hydrogen) atoms. The lowest BCUT2D eigenvalue weighted by Crippen LogP contribution is -2.30. The van der Waals surface area contributed by atoms with Gasteiger partial charge in [-0.1, -0.05) is 34.4 Å². The molecule has 7 heteroatoms. The van der Waals surface area contributed by atoms with E-state index in [1.807, 2.05) is 12.1 Å². The lowest BCUT2D eigenvalue weighted by molar-refractivity contribution is 0.235. The first-order chi connectivity index (χ1) is 9.67. The molecule has 0 radical (unpaired) electrons. The summed E-state index contributed by atoms with van der Waals surface area (Å²) in [5, 5.41) is 5.20. The molecule has 2 N–H and O–H groups in total. The SMILES string of the molecule is NCc1nc(CN2CCc3c(ccc(Cl)c3Cl)C2)no1. The molecule has 2 heterocycles. The summed E-state index contributed by atoms with van der Waals surface area (Å²) < 4.78 is 5.01. The maximum atomic E-state index is 6.24. The fraction of sp³-hybridized carbons (Fsp3) is 0.385. The van der Waals surface area contributed by atoms with Crippen molar-refractivity contribution in [1.29, 1.82) is 0 Å². The average Bonchev–Trinajstić information content (AvgIpc) is 2.91. The third-order valence-electron chi connectivity index (χ3n) is 3.41. The maximum Gasteiger partial charge on any atom is 0.240 e. The Morgan fingerprint density at radius 2 is 2.20 bits per heavy atom. The fourth-order valence-corrected chi connectivity index (χ4v) is 2.87. The Labute approximate surface area is 126 Å². The van der Waals surface area contributed by atoms with Crippen molar-refractivity contribution in [2.45, 2.75) is 26.1 Å². The van der Waals surface area contributed by atoms with Gasteiger partial charge in [-0.05, 0) is 23.6 Å². The molecule has 106 valence electrons. The van der Waals surface area contributed by atoms with Gasteiger partial charge in [0.05, 0.1) is 23.1 Å². The van der Waals surface area contributed by atoms with Crippen LogP contribution < -0.4 is 5.73 Å². The standard InChI is InChI=1S/C13H14Cl2N4O/c14-10-2-1-8-6-19(4-3-9(8)13(10)15)7-11-17-12(5-16)20-18-11/h1-2H,3-7,16H2. The van der Waals surface area contributed by atoms with Gasteiger partial charge >= 0.3 is 0 Å². The molecule has 2 aromatic rings. The summed E-state index contributed by atoms with van der Waals surface area (Å²) in [6.45, 7) is 2.60. The van der Waals surface area contributed by atoms with Crippen LogP contribution in [0.4, 0.5) is 0 Å². The zero-order chi connectivity index (χ0) is 14.1. The second-order valence-electron chi connectivity index (χ2n) is 4.77. The Bertz CT molecular complexity index is 629. The molecule has 0 bridgehead atoms. The number of nitrogens with two attached hydrogens (primary N) is 1. The van der Waals surface area contributed by atoms with Crippen molar-refractivity contribution in [2.75, 3.05) is 6.54 Å². The number of halogens is 2. The molecule has 0 amide bonds. The first-order valence-corrected chi connectivity index (χ1v) is 7.12. The normalized spacial score (nSPS) is 15.3. The zero-order valence-electron chi connectivity index (χ0n) is 10.8. The smallest absolute Gasteiger partial charge is 0.240 e. The summed E-state index contributed by atoms with van der Waals surface area (Å²) >= 11 is 12.3. The molecule has 1 aliphatic rings. The third kappa shape index (κ3) is 2.67. The minimum absolute atomic E-state index is 0.268. The van der Waals surface area contributed by atoms with Gasteiger partial charge in [0.25, 0.3) is 0 Å². The van der Waals surface area contributed by atoms with Crippen LogP contribution in [-0.2, 0) is 26.1 Å². The number of nitrogens with zero attached hydrogens (tertiary/aromatic N) is 3. The van der Waals surface area contributed by atoms with Gasteiger partial charge in [0, 0.05) is 13.1 Å². The number of benzene rings is 1. The van der Waals surface area contributed by atoms with Crippen LogP contribution in [0.1, 0.15) is 22.8 Å². The van der Waals surface area contributed by atoms with Gasteiger partial charge in [0.1, 0.15) is 0 Å².